The van der Waals surface area contributed by atoms with Gasteiger partial charge >= 0.3 is 0 Å². The molecule has 0 aliphatic heterocycles. The zero-order chi connectivity index (χ0) is 24.2. The van der Waals surface area contributed by atoms with Crippen LogP contribution in [0.15, 0.2) is 72.8 Å². The van der Waals surface area contributed by atoms with E-state index < -0.39 is 0 Å². The van der Waals surface area contributed by atoms with Crippen LogP contribution in [-0.4, -0.2) is 24.2 Å². The Bertz CT molecular complexity index is 1100. The van der Waals surface area contributed by atoms with Gasteiger partial charge in [0.15, 0.2) is 5.11 Å². The molecule has 1 amide bonds. The molecule has 0 fully saturated rings. The first-order chi connectivity index (χ1) is 16.5. The molecule has 0 radical (unpaired) electrons. The summed E-state index contributed by atoms with van der Waals surface area (Å²) in [5.74, 6) is 1.08. The molecular formula is C26H26Cl2N2O3S. The van der Waals surface area contributed by atoms with Gasteiger partial charge in [-0.15, -0.1) is 0 Å². The number of amides is 1. The maximum atomic E-state index is 12.2. The molecule has 178 valence electrons. The van der Waals surface area contributed by atoms with Gasteiger partial charge in [0.1, 0.15) is 11.5 Å². The van der Waals surface area contributed by atoms with Crippen LogP contribution >= 0.6 is 35.4 Å². The highest BCUT2D eigenvalue weighted by Crippen LogP contribution is 2.27. The molecule has 0 aromatic heterocycles. The second kappa shape index (κ2) is 13.8. The molecule has 3 aromatic carbocycles. The minimum absolute atomic E-state index is 0.198. The zero-order valence-corrected chi connectivity index (χ0v) is 20.9. The minimum atomic E-state index is -0.198. The predicted octanol–water partition coefficient (Wildman–Crippen LogP) is 6.68. The normalized spacial score (nSPS) is 10.4. The van der Waals surface area contributed by atoms with Crippen molar-refractivity contribution in [3.05, 3.63) is 88.4 Å². The van der Waals surface area contributed by atoms with Crippen LogP contribution in [0.2, 0.25) is 10.0 Å². The average molecular weight is 517 g/mol. The van der Waals surface area contributed by atoms with Gasteiger partial charge in [0.2, 0.25) is 5.91 Å². The van der Waals surface area contributed by atoms with E-state index in [1.807, 2.05) is 42.5 Å². The Balaban J connectivity index is 1.34. The van der Waals surface area contributed by atoms with E-state index in [4.69, 9.17) is 44.9 Å². The van der Waals surface area contributed by atoms with E-state index in [0.717, 1.165) is 24.3 Å². The summed E-state index contributed by atoms with van der Waals surface area (Å²) in [6.45, 7) is 0.960. The number of carbonyl (C=O) groups is 1. The third-order valence-corrected chi connectivity index (χ3v) is 5.50. The number of ether oxygens (including phenoxy) is 2. The lowest BCUT2D eigenvalue weighted by Crippen LogP contribution is -2.34. The first-order valence-corrected chi connectivity index (χ1v) is 12.1. The number of benzene rings is 3. The van der Waals surface area contributed by atoms with Crippen molar-refractivity contribution >= 4 is 52.1 Å². The highest BCUT2D eigenvalue weighted by Gasteiger charge is 2.07. The third kappa shape index (κ3) is 9.21. The molecule has 0 atom stereocenters. The van der Waals surface area contributed by atoms with Crippen LogP contribution in [0.5, 0.6) is 11.5 Å². The monoisotopic (exact) mass is 516 g/mol. The first kappa shape index (κ1) is 25.8. The van der Waals surface area contributed by atoms with E-state index >= 15 is 0 Å². The summed E-state index contributed by atoms with van der Waals surface area (Å²) in [6, 6.07) is 22.8. The molecular weight excluding hydrogens is 491 g/mol. The van der Waals surface area contributed by atoms with Crippen molar-refractivity contribution in [1.82, 2.24) is 5.32 Å². The SMILES string of the molecule is O=C(CCCOc1ccc(Cl)cc1Cl)NC(=S)Nc1cccc(OCCCc2ccccc2)c1. The quantitative estimate of drug-likeness (QED) is 0.220. The highest BCUT2D eigenvalue weighted by atomic mass is 35.5. The second-order valence-corrected chi connectivity index (χ2v) is 8.75. The van der Waals surface area contributed by atoms with Crippen LogP contribution in [0.4, 0.5) is 5.69 Å². The smallest absolute Gasteiger partial charge is 0.226 e. The molecule has 5 nitrogen and oxygen atoms in total. The van der Waals surface area contributed by atoms with E-state index in [-0.39, 0.29) is 17.4 Å². The molecule has 34 heavy (non-hydrogen) atoms. The Kier molecular flexibility index (Phi) is 10.5. The van der Waals surface area contributed by atoms with Crippen molar-refractivity contribution in [2.24, 2.45) is 0 Å². The molecule has 0 heterocycles. The number of aryl methyl sites for hydroxylation is 1. The Hall–Kier alpha value is -2.80. The summed E-state index contributed by atoms with van der Waals surface area (Å²) in [6.07, 6.45) is 2.66. The van der Waals surface area contributed by atoms with Gasteiger partial charge in [-0.3, -0.25) is 4.79 Å². The van der Waals surface area contributed by atoms with Crippen molar-refractivity contribution in [2.45, 2.75) is 25.7 Å². The summed E-state index contributed by atoms with van der Waals surface area (Å²) >= 11 is 17.2. The number of rotatable bonds is 11. The lowest BCUT2D eigenvalue weighted by atomic mass is 10.1. The van der Waals surface area contributed by atoms with Gasteiger partial charge < -0.3 is 20.1 Å². The fourth-order valence-corrected chi connectivity index (χ4v) is 3.83. The van der Waals surface area contributed by atoms with Crippen molar-refractivity contribution in [2.75, 3.05) is 18.5 Å². The molecule has 3 aromatic rings. The standard InChI is InChI=1S/C26H26Cl2N2O3S/c27-20-13-14-24(23(28)17-20)33-16-6-12-25(31)30-26(34)29-21-10-4-11-22(18-21)32-15-5-9-19-7-2-1-3-8-19/h1-4,7-8,10-11,13-14,17-18H,5-6,9,12,15-16H2,(H2,29,30,31,34). The van der Waals surface area contributed by atoms with Crippen molar-refractivity contribution in [1.29, 1.82) is 0 Å². The van der Waals surface area contributed by atoms with Gasteiger partial charge in [-0.05, 0) is 67.4 Å². The second-order valence-electron chi connectivity index (χ2n) is 7.49. The molecule has 3 rings (SSSR count). The molecule has 0 aliphatic rings. The molecule has 0 bridgehead atoms. The summed E-state index contributed by atoms with van der Waals surface area (Å²) in [4.78, 5) is 12.2. The van der Waals surface area contributed by atoms with Crippen molar-refractivity contribution in [3.8, 4) is 11.5 Å². The van der Waals surface area contributed by atoms with E-state index in [0.29, 0.717) is 35.4 Å². The Labute approximate surface area is 215 Å². The lowest BCUT2D eigenvalue weighted by molar-refractivity contribution is -0.119. The highest BCUT2D eigenvalue weighted by molar-refractivity contribution is 7.80. The van der Waals surface area contributed by atoms with Crippen LogP contribution in [0.1, 0.15) is 24.8 Å². The fourth-order valence-electron chi connectivity index (χ4n) is 3.13. The Morgan fingerprint density at radius 1 is 0.882 bits per heavy atom. The third-order valence-electron chi connectivity index (χ3n) is 4.77. The van der Waals surface area contributed by atoms with Gasteiger partial charge in [-0.25, -0.2) is 0 Å². The van der Waals surface area contributed by atoms with Crippen LogP contribution in [-0.2, 0) is 11.2 Å². The Morgan fingerprint density at radius 3 is 2.47 bits per heavy atom. The number of hydrogen-bond acceptors (Lipinski definition) is 4. The average Bonchev–Trinajstić information content (AvgIpc) is 2.81. The lowest BCUT2D eigenvalue weighted by Gasteiger charge is -2.12. The first-order valence-electron chi connectivity index (χ1n) is 10.9. The number of hydrogen-bond donors (Lipinski definition) is 2. The van der Waals surface area contributed by atoms with E-state index in [2.05, 4.69) is 22.8 Å². The molecule has 8 heteroatoms. The number of halogens is 2. The molecule has 0 aliphatic carbocycles. The number of anilines is 1. The summed E-state index contributed by atoms with van der Waals surface area (Å²) in [7, 11) is 0. The fraction of sp³-hybridized carbons (Fsp3) is 0.231. The van der Waals surface area contributed by atoms with Gasteiger partial charge in [0.05, 0.1) is 18.2 Å². The van der Waals surface area contributed by atoms with Crippen LogP contribution in [0.25, 0.3) is 0 Å². The van der Waals surface area contributed by atoms with Gasteiger partial charge in [-0.2, -0.15) is 0 Å². The largest absolute Gasteiger partial charge is 0.494 e. The summed E-state index contributed by atoms with van der Waals surface area (Å²) in [5, 5.41) is 6.90. The van der Waals surface area contributed by atoms with Crippen LogP contribution in [0.3, 0.4) is 0 Å². The van der Waals surface area contributed by atoms with Gasteiger partial charge in [0.25, 0.3) is 0 Å². The number of thiocarbonyl (C=S) groups is 1. The van der Waals surface area contributed by atoms with Gasteiger partial charge in [-0.1, -0.05) is 59.6 Å². The molecule has 0 unspecified atom stereocenters. The van der Waals surface area contributed by atoms with Crippen LogP contribution in [0, 0.1) is 0 Å². The molecule has 0 spiro atoms. The van der Waals surface area contributed by atoms with Crippen molar-refractivity contribution < 1.29 is 14.3 Å². The summed E-state index contributed by atoms with van der Waals surface area (Å²) < 4.78 is 11.4. The predicted molar refractivity (Wildman–Crippen MR) is 142 cm³/mol. The topological polar surface area (TPSA) is 59.6 Å². The molecule has 0 saturated carbocycles. The zero-order valence-electron chi connectivity index (χ0n) is 18.6. The van der Waals surface area contributed by atoms with Gasteiger partial charge in [0, 0.05) is 23.2 Å². The number of nitrogens with one attached hydrogen (secondary N) is 2. The maximum Gasteiger partial charge on any atom is 0.226 e. The van der Waals surface area contributed by atoms with E-state index in [1.54, 1.807) is 18.2 Å². The Morgan fingerprint density at radius 2 is 1.68 bits per heavy atom. The van der Waals surface area contributed by atoms with Crippen molar-refractivity contribution in [3.63, 3.8) is 0 Å². The summed E-state index contributed by atoms with van der Waals surface area (Å²) in [5.41, 5.74) is 2.04. The molecule has 0 saturated heterocycles. The van der Waals surface area contributed by atoms with E-state index in [1.165, 1.54) is 5.56 Å². The van der Waals surface area contributed by atoms with E-state index in [9.17, 15) is 4.79 Å². The minimum Gasteiger partial charge on any atom is -0.494 e. The number of carbonyl (C=O) groups excluding carboxylic acids is 1. The van der Waals surface area contributed by atoms with Crippen LogP contribution < -0.4 is 20.1 Å². The molecule has 2 N–H and O–H groups in total. The maximum absolute atomic E-state index is 12.2.